The minimum Gasteiger partial charge on any atom is -0.348 e. The van der Waals surface area contributed by atoms with E-state index in [1.54, 1.807) is 4.68 Å². The molecule has 2 atom stereocenters. The van der Waals surface area contributed by atoms with E-state index in [1.165, 1.54) is 4.31 Å². The van der Waals surface area contributed by atoms with Gasteiger partial charge in [0.25, 0.3) is 0 Å². The fourth-order valence-corrected chi connectivity index (χ4v) is 4.49. The van der Waals surface area contributed by atoms with E-state index in [9.17, 15) is 13.2 Å². The van der Waals surface area contributed by atoms with Gasteiger partial charge in [0.1, 0.15) is 6.04 Å². The molecule has 2 rings (SSSR count). The summed E-state index contributed by atoms with van der Waals surface area (Å²) in [4.78, 5) is 12.6. The number of rotatable bonds is 4. The predicted octanol–water partition coefficient (Wildman–Crippen LogP) is 1.03. The summed E-state index contributed by atoms with van der Waals surface area (Å²) < 4.78 is 26.9. The Kier molecular flexibility index (Phi) is 5.15. The lowest BCUT2D eigenvalue weighted by atomic mass is 10.0. The minimum absolute atomic E-state index is 0.209. The monoisotopic (exact) mass is 342 g/mol. The third kappa shape index (κ3) is 3.74. The Morgan fingerprint density at radius 3 is 2.52 bits per heavy atom. The first-order valence-electron chi connectivity index (χ1n) is 7.90. The molecular weight excluding hydrogens is 316 g/mol. The summed E-state index contributed by atoms with van der Waals surface area (Å²) in [5.74, 6) is -0.231. The average molecular weight is 342 g/mol. The molecule has 2 heterocycles. The van der Waals surface area contributed by atoms with Gasteiger partial charge in [-0.1, -0.05) is 6.42 Å². The molecule has 130 valence electrons. The Morgan fingerprint density at radius 2 is 2.00 bits per heavy atom. The maximum absolute atomic E-state index is 12.6. The van der Waals surface area contributed by atoms with E-state index < -0.39 is 16.1 Å². The van der Waals surface area contributed by atoms with Crippen LogP contribution in [0.4, 0.5) is 0 Å². The van der Waals surface area contributed by atoms with Gasteiger partial charge in [0, 0.05) is 24.8 Å². The van der Waals surface area contributed by atoms with Crippen LogP contribution in [0.2, 0.25) is 0 Å². The molecule has 1 aliphatic rings. The van der Waals surface area contributed by atoms with Crippen LogP contribution in [0.5, 0.6) is 0 Å². The summed E-state index contributed by atoms with van der Waals surface area (Å²) in [5, 5.41) is 7.33. The molecule has 1 aromatic rings. The third-order valence-corrected chi connectivity index (χ3v) is 5.83. The van der Waals surface area contributed by atoms with Crippen LogP contribution in [0.15, 0.2) is 0 Å². The van der Waals surface area contributed by atoms with Gasteiger partial charge in [0.05, 0.1) is 18.0 Å². The minimum atomic E-state index is -3.38. The van der Waals surface area contributed by atoms with Crippen molar-refractivity contribution in [3.63, 3.8) is 0 Å². The van der Waals surface area contributed by atoms with Gasteiger partial charge in [0.15, 0.2) is 0 Å². The number of aryl methyl sites for hydroxylation is 2. The highest BCUT2D eigenvalue weighted by atomic mass is 32.2. The molecule has 8 heteroatoms. The van der Waals surface area contributed by atoms with E-state index in [0.717, 1.165) is 36.0 Å². The van der Waals surface area contributed by atoms with Crippen LogP contribution in [-0.2, 0) is 21.9 Å². The molecule has 0 radical (unpaired) electrons. The molecule has 0 saturated carbocycles. The van der Waals surface area contributed by atoms with Crippen molar-refractivity contribution < 1.29 is 13.2 Å². The standard InChI is InChI=1S/C15H26N4O3S/c1-10(14-11(2)17-18(4)12(14)3)16-15(20)13-8-6-7-9-19(13)23(5,21)22/h10,13H,6-9H2,1-5H3,(H,16,20)/t10-,13-/m0/s1. The van der Waals surface area contributed by atoms with Gasteiger partial charge in [-0.3, -0.25) is 9.48 Å². The zero-order chi connectivity index (χ0) is 17.4. The summed E-state index contributed by atoms with van der Waals surface area (Å²) in [6.07, 6.45) is 3.39. The van der Waals surface area contributed by atoms with Crippen LogP contribution in [0.3, 0.4) is 0 Å². The molecule has 0 bridgehead atoms. The molecule has 1 aromatic heterocycles. The number of hydrogen-bond donors (Lipinski definition) is 1. The highest BCUT2D eigenvalue weighted by Gasteiger charge is 2.35. The molecule has 1 fully saturated rings. The van der Waals surface area contributed by atoms with Gasteiger partial charge >= 0.3 is 0 Å². The summed E-state index contributed by atoms with van der Waals surface area (Å²) in [6.45, 7) is 6.19. The molecule has 23 heavy (non-hydrogen) atoms. The van der Waals surface area contributed by atoms with E-state index in [1.807, 2.05) is 27.8 Å². The van der Waals surface area contributed by atoms with Gasteiger partial charge in [0.2, 0.25) is 15.9 Å². The normalized spacial score (nSPS) is 21.2. The Balaban J connectivity index is 2.17. The lowest BCUT2D eigenvalue weighted by Crippen LogP contribution is -2.51. The number of amides is 1. The summed E-state index contributed by atoms with van der Waals surface area (Å²) in [6, 6.07) is -0.821. The van der Waals surface area contributed by atoms with Crippen molar-refractivity contribution in [3.8, 4) is 0 Å². The highest BCUT2D eigenvalue weighted by Crippen LogP contribution is 2.23. The zero-order valence-corrected chi connectivity index (χ0v) is 15.3. The second-order valence-electron chi connectivity index (χ2n) is 6.32. The molecule has 0 spiro atoms. The molecule has 0 unspecified atom stereocenters. The molecule has 0 aliphatic carbocycles. The maximum Gasteiger partial charge on any atom is 0.238 e. The van der Waals surface area contributed by atoms with E-state index in [-0.39, 0.29) is 11.9 Å². The molecule has 1 N–H and O–H groups in total. The van der Waals surface area contributed by atoms with Crippen molar-refractivity contribution in [1.29, 1.82) is 0 Å². The largest absolute Gasteiger partial charge is 0.348 e. The number of sulfonamides is 1. The first-order valence-corrected chi connectivity index (χ1v) is 9.75. The molecule has 1 aliphatic heterocycles. The Morgan fingerprint density at radius 1 is 1.35 bits per heavy atom. The van der Waals surface area contributed by atoms with Gasteiger partial charge in [-0.15, -0.1) is 0 Å². The fourth-order valence-electron chi connectivity index (χ4n) is 3.36. The fraction of sp³-hybridized carbons (Fsp3) is 0.733. The third-order valence-electron chi connectivity index (χ3n) is 4.54. The quantitative estimate of drug-likeness (QED) is 0.886. The van der Waals surface area contributed by atoms with Crippen molar-refractivity contribution in [2.75, 3.05) is 12.8 Å². The molecule has 7 nitrogen and oxygen atoms in total. The van der Waals surface area contributed by atoms with E-state index >= 15 is 0 Å². The average Bonchev–Trinajstić information content (AvgIpc) is 2.71. The highest BCUT2D eigenvalue weighted by molar-refractivity contribution is 7.88. The van der Waals surface area contributed by atoms with E-state index in [0.29, 0.717) is 13.0 Å². The van der Waals surface area contributed by atoms with Gasteiger partial charge in [-0.25, -0.2) is 8.42 Å². The van der Waals surface area contributed by atoms with E-state index in [2.05, 4.69) is 10.4 Å². The Labute approximate surface area is 138 Å². The second kappa shape index (κ2) is 6.60. The topological polar surface area (TPSA) is 84.3 Å². The Bertz CT molecular complexity index is 696. The smallest absolute Gasteiger partial charge is 0.238 e. The lowest BCUT2D eigenvalue weighted by molar-refractivity contribution is -0.126. The first kappa shape index (κ1) is 17.9. The van der Waals surface area contributed by atoms with Crippen molar-refractivity contribution in [1.82, 2.24) is 19.4 Å². The van der Waals surface area contributed by atoms with Crippen LogP contribution in [0.1, 0.15) is 49.2 Å². The van der Waals surface area contributed by atoms with E-state index in [4.69, 9.17) is 0 Å². The summed E-state index contributed by atoms with van der Waals surface area (Å²) in [7, 11) is -1.51. The molecule has 0 aromatic carbocycles. The van der Waals surface area contributed by atoms with Crippen LogP contribution in [0, 0.1) is 13.8 Å². The van der Waals surface area contributed by atoms with Crippen LogP contribution in [-0.4, -0.2) is 47.3 Å². The Hall–Kier alpha value is -1.41. The number of aromatic nitrogens is 2. The number of nitrogens with zero attached hydrogens (tertiary/aromatic N) is 3. The van der Waals surface area contributed by atoms with Crippen molar-refractivity contribution in [2.45, 2.75) is 52.1 Å². The molecule has 1 amide bonds. The zero-order valence-electron chi connectivity index (χ0n) is 14.5. The summed E-state index contributed by atoms with van der Waals surface area (Å²) >= 11 is 0. The lowest BCUT2D eigenvalue weighted by Gasteiger charge is -2.33. The first-order chi connectivity index (χ1) is 10.6. The van der Waals surface area contributed by atoms with Crippen LogP contribution >= 0.6 is 0 Å². The van der Waals surface area contributed by atoms with Crippen molar-refractivity contribution in [2.24, 2.45) is 7.05 Å². The number of piperidine rings is 1. The molecular formula is C15H26N4O3S. The van der Waals surface area contributed by atoms with Crippen LogP contribution < -0.4 is 5.32 Å². The SMILES string of the molecule is Cc1nn(C)c(C)c1[C@H](C)NC(=O)[C@@H]1CCCCN1S(C)(=O)=O. The second-order valence-corrected chi connectivity index (χ2v) is 8.26. The van der Waals surface area contributed by atoms with Crippen molar-refractivity contribution >= 4 is 15.9 Å². The number of hydrogen-bond acceptors (Lipinski definition) is 4. The summed E-state index contributed by atoms with van der Waals surface area (Å²) in [5.41, 5.74) is 2.86. The number of carbonyl (C=O) groups excluding carboxylic acids is 1. The van der Waals surface area contributed by atoms with Crippen molar-refractivity contribution in [3.05, 3.63) is 17.0 Å². The van der Waals surface area contributed by atoms with Gasteiger partial charge in [-0.05, 0) is 33.6 Å². The van der Waals surface area contributed by atoms with Gasteiger partial charge in [-0.2, -0.15) is 9.40 Å². The maximum atomic E-state index is 12.6. The number of carbonyl (C=O) groups is 1. The van der Waals surface area contributed by atoms with Gasteiger partial charge < -0.3 is 5.32 Å². The number of nitrogens with one attached hydrogen (secondary N) is 1. The molecule has 1 saturated heterocycles. The predicted molar refractivity (Wildman–Crippen MR) is 88.4 cm³/mol. The van der Waals surface area contributed by atoms with Crippen LogP contribution in [0.25, 0.3) is 0 Å².